The minimum Gasteiger partial charge on any atom is -0.494 e. The minimum absolute atomic E-state index is 0.690. The van der Waals surface area contributed by atoms with Crippen molar-refractivity contribution in [1.82, 2.24) is 9.97 Å². The average Bonchev–Trinajstić information content (AvgIpc) is 2.56. The standard InChI is InChI=1S/C19H21N3O/c1-3-23-16-6-4-5-15(13-16)8-11-20-17-9-12-21-18-14(2)7-10-22-19(17)18/h4-7,9-10,12-13H,3,8,11H2,1-2H3,(H,20,21). The van der Waals surface area contributed by atoms with Crippen molar-refractivity contribution in [3.63, 3.8) is 0 Å². The zero-order valence-electron chi connectivity index (χ0n) is 13.5. The summed E-state index contributed by atoms with van der Waals surface area (Å²) >= 11 is 0. The largest absolute Gasteiger partial charge is 0.494 e. The smallest absolute Gasteiger partial charge is 0.119 e. The zero-order chi connectivity index (χ0) is 16.1. The van der Waals surface area contributed by atoms with Crippen molar-refractivity contribution < 1.29 is 4.74 Å². The molecule has 0 bridgehead atoms. The molecule has 0 aliphatic heterocycles. The normalized spacial score (nSPS) is 10.7. The molecule has 0 spiro atoms. The molecule has 118 valence electrons. The van der Waals surface area contributed by atoms with Gasteiger partial charge in [0.25, 0.3) is 0 Å². The van der Waals surface area contributed by atoms with Gasteiger partial charge in [-0.25, -0.2) is 0 Å². The summed E-state index contributed by atoms with van der Waals surface area (Å²) in [6.07, 6.45) is 4.59. The molecule has 0 atom stereocenters. The molecular formula is C19H21N3O. The first kappa shape index (κ1) is 15.3. The van der Waals surface area contributed by atoms with Crippen LogP contribution in [-0.2, 0) is 6.42 Å². The van der Waals surface area contributed by atoms with Crippen molar-refractivity contribution in [3.8, 4) is 5.75 Å². The van der Waals surface area contributed by atoms with Gasteiger partial charge in [-0.1, -0.05) is 12.1 Å². The molecule has 4 nitrogen and oxygen atoms in total. The number of hydrogen-bond acceptors (Lipinski definition) is 4. The fraction of sp³-hybridized carbons (Fsp3) is 0.263. The van der Waals surface area contributed by atoms with Crippen LogP contribution in [0.5, 0.6) is 5.75 Å². The SMILES string of the molecule is CCOc1cccc(CCNc2ccnc3c(C)ccnc23)c1. The van der Waals surface area contributed by atoms with E-state index in [9.17, 15) is 0 Å². The van der Waals surface area contributed by atoms with Crippen LogP contribution in [0.3, 0.4) is 0 Å². The summed E-state index contributed by atoms with van der Waals surface area (Å²) in [6, 6.07) is 12.2. The lowest BCUT2D eigenvalue weighted by Gasteiger charge is -2.10. The molecule has 4 heteroatoms. The van der Waals surface area contributed by atoms with Crippen molar-refractivity contribution in [2.45, 2.75) is 20.3 Å². The second kappa shape index (κ2) is 7.09. The summed E-state index contributed by atoms with van der Waals surface area (Å²) in [5, 5.41) is 3.47. The first-order chi connectivity index (χ1) is 11.3. The highest BCUT2D eigenvalue weighted by Crippen LogP contribution is 2.21. The van der Waals surface area contributed by atoms with Gasteiger partial charge >= 0.3 is 0 Å². The lowest BCUT2D eigenvalue weighted by atomic mass is 10.1. The first-order valence-electron chi connectivity index (χ1n) is 7.94. The molecule has 0 saturated heterocycles. The Morgan fingerprint density at radius 3 is 2.74 bits per heavy atom. The minimum atomic E-state index is 0.690. The average molecular weight is 307 g/mol. The summed E-state index contributed by atoms with van der Waals surface area (Å²) in [4.78, 5) is 8.88. The summed E-state index contributed by atoms with van der Waals surface area (Å²) in [5.41, 5.74) is 5.31. The number of nitrogens with zero attached hydrogens (tertiary/aromatic N) is 2. The summed E-state index contributed by atoms with van der Waals surface area (Å²) in [6.45, 7) is 5.58. The molecule has 3 aromatic rings. The lowest BCUT2D eigenvalue weighted by molar-refractivity contribution is 0.340. The third kappa shape index (κ3) is 3.59. The van der Waals surface area contributed by atoms with Gasteiger partial charge in [0.1, 0.15) is 11.3 Å². The fourth-order valence-electron chi connectivity index (χ4n) is 2.62. The number of fused-ring (bicyclic) bond motifs is 1. The van der Waals surface area contributed by atoms with Crippen LogP contribution in [0.4, 0.5) is 5.69 Å². The van der Waals surface area contributed by atoms with E-state index in [2.05, 4.69) is 34.3 Å². The molecule has 0 radical (unpaired) electrons. The van der Waals surface area contributed by atoms with Gasteiger partial charge in [0.2, 0.25) is 0 Å². The van der Waals surface area contributed by atoms with E-state index in [1.807, 2.05) is 43.6 Å². The van der Waals surface area contributed by atoms with Crippen molar-refractivity contribution in [3.05, 3.63) is 59.9 Å². The number of aromatic nitrogens is 2. The van der Waals surface area contributed by atoms with Crippen LogP contribution in [0.25, 0.3) is 11.0 Å². The number of hydrogen-bond donors (Lipinski definition) is 1. The Morgan fingerprint density at radius 2 is 1.87 bits per heavy atom. The van der Waals surface area contributed by atoms with Gasteiger partial charge in [0, 0.05) is 18.9 Å². The van der Waals surface area contributed by atoms with E-state index in [1.54, 1.807) is 0 Å². The van der Waals surface area contributed by atoms with Gasteiger partial charge in [-0.2, -0.15) is 0 Å². The molecule has 0 aliphatic rings. The predicted molar refractivity (Wildman–Crippen MR) is 94.1 cm³/mol. The molecule has 2 aromatic heterocycles. The van der Waals surface area contributed by atoms with E-state index < -0.39 is 0 Å². The maximum absolute atomic E-state index is 5.54. The van der Waals surface area contributed by atoms with Gasteiger partial charge in [0.15, 0.2) is 0 Å². The highest BCUT2D eigenvalue weighted by Gasteiger charge is 2.05. The Morgan fingerprint density at radius 1 is 1.04 bits per heavy atom. The van der Waals surface area contributed by atoms with Crippen molar-refractivity contribution in [1.29, 1.82) is 0 Å². The van der Waals surface area contributed by atoms with E-state index in [0.29, 0.717) is 6.61 Å². The Balaban J connectivity index is 1.69. The molecule has 1 N–H and O–H groups in total. The van der Waals surface area contributed by atoms with Crippen LogP contribution < -0.4 is 10.1 Å². The van der Waals surface area contributed by atoms with Gasteiger partial charge < -0.3 is 10.1 Å². The van der Waals surface area contributed by atoms with Gasteiger partial charge in [-0.15, -0.1) is 0 Å². The van der Waals surface area contributed by atoms with E-state index in [0.717, 1.165) is 41.0 Å². The first-order valence-corrected chi connectivity index (χ1v) is 7.94. The molecule has 0 fully saturated rings. The van der Waals surface area contributed by atoms with E-state index in [-0.39, 0.29) is 0 Å². The van der Waals surface area contributed by atoms with Crippen LogP contribution in [0.1, 0.15) is 18.1 Å². The number of nitrogens with one attached hydrogen (secondary N) is 1. The maximum atomic E-state index is 5.54. The van der Waals surface area contributed by atoms with Gasteiger partial charge in [-0.05, 0) is 55.7 Å². The highest BCUT2D eigenvalue weighted by atomic mass is 16.5. The Hall–Kier alpha value is -2.62. The molecule has 23 heavy (non-hydrogen) atoms. The van der Waals surface area contributed by atoms with E-state index in [1.165, 1.54) is 5.56 Å². The van der Waals surface area contributed by atoms with Gasteiger partial charge in [0.05, 0.1) is 17.8 Å². The Kier molecular flexibility index (Phi) is 4.71. The molecule has 0 saturated carbocycles. The highest BCUT2D eigenvalue weighted by molar-refractivity contribution is 5.88. The number of aryl methyl sites for hydroxylation is 1. The van der Waals surface area contributed by atoms with E-state index >= 15 is 0 Å². The molecule has 0 amide bonds. The van der Waals surface area contributed by atoms with Crippen LogP contribution in [0, 0.1) is 6.92 Å². The van der Waals surface area contributed by atoms with Crippen LogP contribution >= 0.6 is 0 Å². The molecular weight excluding hydrogens is 286 g/mol. The third-order valence-electron chi connectivity index (χ3n) is 3.76. The molecule has 0 unspecified atom stereocenters. The molecule has 1 aromatic carbocycles. The van der Waals surface area contributed by atoms with Gasteiger partial charge in [-0.3, -0.25) is 9.97 Å². The van der Waals surface area contributed by atoms with Crippen molar-refractivity contribution in [2.75, 3.05) is 18.5 Å². The summed E-state index contributed by atoms with van der Waals surface area (Å²) in [7, 11) is 0. The summed E-state index contributed by atoms with van der Waals surface area (Å²) < 4.78 is 5.54. The van der Waals surface area contributed by atoms with Crippen molar-refractivity contribution >= 4 is 16.7 Å². The fourth-order valence-corrected chi connectivity index (χ4v) is 2.62. The predicted octanol–water partition coefficient (Wildman–Crippen LogP) is 3.99. The third-order valence-corrected chi connectivity index (χ3v) is 3.76. The molecule has 3 rings (SSSR count). The number of rotatable bonds is 6. The Bertz CT molecular complexity index is 801. The summed E-state index contributed by atoms with van der Waals surface area (Å²) in [5.74, 6) is 0.927. The lowest BCUT2D eigenvalue weighted by Crippen LogP contribution is -2.06. The maximum Gasteiger partial charge on any atom is 0.119 e. The zero-order valence-corrected chi connectivity index (χ0v) is 13.5. The second-order valence-electron chi connectivity index (χ2n) is 5.44. The van der Waals surface area contributed by atoms with Crippen LogP contribution in [0.2, 0.25) is 0 Å². The quantitative estimate of drug-likeness (QED) is 0.748. The topological polar surface area (TPSA) is 47.0 Å². The van der Waals surface area contributed by atoms with E-state index in [4.69, 9.17) is 4.74 Å². The molecule has 0 aliphatic carbocycles. The Labute approximate surface area is 136 Å². The van der Waals surface area contributed by atoms with Crippen LogP contribution in [-0.4, -0.2) is 23.1 Å². The molecule has 2 heterocycles. The number of ether oxygens (including phenoxy) is 1. The van der Waals surface area contributed by atoms with Crippen molar-refractivity contribution in [2.24, 2.45) is 0 Å². The second-order valence-corrected chi connectivity index (χ2v) is 5.44. The number of benzene rings is 1. The number of anilines is 1. The number of pyridine rings is 2. The van der Waals surface area contributed by atoms with Crippen LogP contribution in [0.15, 0.2) is 48.8 Å². The monoisotopic (exact) mass is 307 g/mol.